The zero-order chi connectivity index (χ0) is 12.1. The fourth-order valence-corrected chi connectivity index (χ4v) is 1.32. The van der Waals surface area contributed by atoms with Crippen LogP contribution in [0, 0.1) is 5.92 Å². The minimum atomic E-state index is 0. The second kappa shape index (κ2) is 7.40. The molecule has 17 heavy (non-hydrogen) atoms. The molecule has 0 amide bonds. The van der Waals surface area contributed by atoms with Crippen LogP contribution in [0.2, 0.25) is 0 Å². The summed E-state index contributed by atoms with van der Waals surface area (Å²) in [4.78, 5) is 17.7. The van der Waals surface area contributed by atoms with E-state index in [0.717, 1.165) is 13.1 Å². The smallest absolute Gasteiger partial charge is 0.217 e. The monoisotopic (exact) mass is 260 g/mol. The third-order valence-electron chi connectivity index (χ3n) is 2.12. The van der Waals surface area contributed by atoms with E-state index in [1.165, 1.54) is 0 Å². The minimum absolute atomic E-state index is 0. The van der Waals surface area contributed by atoms with Gasteiger partial charge >= 0.3 is 0 Å². The molecule has 0 spiro atoms. The number of Topliss-reactive ketones (excluding diaryl/α,β-unsaturated/α-hetero) is 1. The molecule has 0 aliphatic heterocycles. The van der Waals surface area contributed by atoms with Gasteiger partial charge in [0.05, 0.1) is 0 Å². The summed E-state index contributed by atoms with van der Waals surface area (Å²) in [6.45, 7) is 5.75. The first-order valence-electron chi connectivity index (χ1n) is 5.56. The van der Waals surface area contributed by atoms with Crippen LogP contribution in [0.1, 0.15) is 30.9 Å². The van der Waals surface area contributed by atoms with E-state index in [1.807, 2.05) is 19.0 Å². The first-order chi connectivity index (χ1) is 7.49. The lowest BCUT2D eigenvalue weighted by Gasteiger charge is -2.06. The SMILES string of the molecule is CC(C)Cn1cnc(C(=O)CCN(C)C)n1.Cl. The van der Waals surface area contributed by atoms with Gasteiger partial charge in [-0.05, 0) is 20.0 Å². The number of aromatic nitrogens is 3. The van der Waals surface area contributed by atoms with Crippen LogP contribution in [0.25, 0.3) is 0 Å². The van der Waals surface area contributed by atoms with E-state index in [4.69, 9.17) is 0 Å². The molecule has 1 rings (SSSR count). The Kier molecular flexibility index (Phi) is 6.99. The van der Waals surface area contributed by atoms with Gasteiger partial charge in [-0.1, -0.05) is 13.8 Å². The van der Waals surface area contributed by atoms with Gasteiger partial charge in [0.25, 0.3) is 0 Å². The van der Waals surface area contributed by atoms with Gasteiger partial charge < -0.3 is 4.90 Å². The maximum atomic E-state index is 11.7. The number of hydrogen-bond acceptors (Lipinski definition) is 4. The first-order valence-corrected chi connectivity index (χ1v) is 5.56. The molecule has 1 heterocycles. The zero-order valence-electron chi connectivity index (χ0n) is 10.9. The molecule has 0 N–H and O–H groups in total. The maximum Gasteiger partial charge on any atom is 0.217 e. The van der Waals surface area contributed by atoms with Crippen molar-refractivity contribution in [2.75, 3.05) is 20.6 Å². The summed E-state index contributed by atoms with van der Waals surface area (Å²) in [5.41, 5.74) is 0. The van der Waals surface area contributed by atoms with Gasteiger partial charge in [0, 0.05) is 19.5 Å². The Morgan fingerprint density at radius 3 is 2.65 bits per heavy atom. The molecule has 98 valence electrons. The molecule has 0 unspecified atom stereocenters. The van der Waals surface area contributed by atoms with Crippen LogP contribution in [0.5, 0.6) is 0 Å². The Labute approximate surface area is 109 Å². The summed E-state index contributed by atoms with van der Waals surface area (Å²) in [5.74, 6) is 0.852. The molecule has 0 aromatic carbocycles. The normalized spacial score (nSPS) is 10.7. The Morgan fingerprint density at radius 2 is 2.12 bits per heavy atom. The van der Waals surface area contributed by atoms with Crippen molar-refractivity contribution < 1.29 is 4.79 Å². The molecule has 0 aliphatic carbocycles. The largest absolute Gasteiger partial charge is 0.309 e. The van der Waals surface area contributed by atoms with Crippen molar-refractivity contribution in [3.8, 4) is 0 Å². The first kappa shape index (κ1) is 16.1. The molecule has 5 nitrogen and oxygen atoms in total. The Bertz CT molecular complexity index is 349. The fourth-order valence-electron chi connectivity index (χ4n) is 1.32. The van der Waals surface area contributed by atoms with Crippen LogP contribution in [0.15, 0.2) is 6.33 Å². The molecule has 1 aromatic rings. The van der Waals surface area contributed by atoms with Crippen LogP contribution in [-0.4, -0.2) is 46.1 Å². The van der Waals surface area contributed by atoms with Crippen molar-refractivity contribution in [3.05, 3.63) is 12.2 Å². The standard InChI is InChI=1S/C11H20N4O.ClH/c1-9(2)7-15-8-12-11(13-15)10(16)5-6-14(3)4;/h8-9H,5-7H2,1-4H3;1H. The Balaban J connectivity index is 0.00000256. The molecule has 6 heteroatoms. The van der Waals surface area contributed by atoms with Crippen molar-refractivity contribution >= 4 is 18.2 Å². The number of nitrogens with zero attached hydrogens (tertiary/aromatic N) is 4. The van der Waals surface area contributed by atoms with E-state index in [0.29, 0.717) is 18.2 Å². The van der Waals surface area contributed by atoms with E-state index < -0.39 is 0 Å². The van der Waals surface area contributed by atoms with Crippen LogP contribution >= 0.6 is 12.4 Å². The molecule has 0 fully saturated rings. The summed E-state index contributed by atoms with van der Waals surface area (Å²) in [6.07, 6.45) is 2.10. The van der Waals surface area contributed by atoms with E-state index in [1.54, 1.807) is 11.0 Å². The molecular weight excluding hydrogens is 240 g/mol. The number of carbonyl (C=O) groups excluding carboxylic acids is 1. The lowest BCUT2D eigenvalue weighted by Crippen LogP contribution is -2.17. The van der Waals surface area contributed by atoms with Gasteiger partial charge in [-0.2, -0.15) is 0 Å². The van der Waals surface area contributed by atoms with E-state index >= 15 is 0 Å². The van der Waals surface area contributed by atoms with Gasteiger partial charge in [0.15, 0.2) is 0 Å². The van der Waals surface area contributed by atoms with Gasteiger partial charge in [-0.25, -0.2) is 4.98 Å². The van der Waals surface area contributed by atoms with Crippen molar-refractivity contribution in [2.45, 2.75) is 26.8 Å². The predicted molar refractivity (Wildman–Crippen MR) is 69.6 cm³/mol. The highest BCUT2D eigenvalue weighted by Gasteiger charge is 2.11. The summed E-state index contributed by atoms with van der Waals surface area (Å²) < 4.78 is 1.73. The second-order valence-corrected chi connectivity index (χ2v) is 4.66. The van der Waals surface area contributed by atoms with Crippen LogP contribution in [0.3, 0.4) is 0 Å². The third-order valence-corrected chi connectivity index (χ3v) is 2.12. The fraction of sp³-hybridized carbons (Fsp3) is 0.727. The predicted octanol–water partition coefficient (Wildman–Crippen LogP) is 1.49. The van der Waals surface area contributed by atoms with Crippen LogP contribution < -0.4 is 0 Å². The molecule has 0 aliphatic rings. The van der Waals surface area contributed by atoms with Crippen LogP contribution in [-0.2, 0) is 6.54 Å². The Morgan fingerprint density at radius 1 is 1.47 bits per heavy atom. The summed E-state index contributed by atoms with van der Waals surface area (Å²) >= 11 is 0. The average Bonchev–Trinajstić information content (AvgIpc) is 2.61. The zero-order valence-corrected chi connectivity index (χ0v) is 11.7. The molecule has 0 atom stereocenters. The van der Waals surface area contributed by atoms with Gasteiger partial charge in [-0.3, -0.25) is 9.48 Å². The average molecular weight is 261 g/mol. The van der Waals surface area contributed by atoms with Crippen molar-refractivity contribution in [3.63, 3.8) is 0 Å². The maximum absolute atomic E-state index is 11.7. The highest BCUT2D eigenvalue weighted by atomic mass is 35.5. The van der Waals surface area contributed by atoms with Crippen molar-refractivity contribution in [1.82, 2.24) is 19.7 Å². The third kappa shape index (κ3) is 5.79. The van der Waals surface area contributed by atoms with E-state index in [-0.39, 0.29) is 18.2 Å². The molecule has 1 aromatic heterocycles. The number of rotatable bonds is 6. The van der Waals surface area contributed by atoms with Crippen molar-refractivity contribution in [1.29, 1.82) is 0 Å². The van der Waals surface area contributed by atoms with E-state index in [9.17, 15) is 4.79 Å². The quantitative estimate of drug-likeness (QED) is 0.728. The van der Waals surface area contributed by atoms with Crippen LogP contribution in [0.4, 0.5) is 0 Å². The molecular formula is C11H21ClN4O. The topological polar surface area (TPSA) is 51.0 Å². The number of hydrogen-bond donors (Lipinski definition) is 0. The molecule has 0 saturated carbocycles. The van der Waals surface area contributed by atoms with Gasteiger partial charge in [-0.15, -0.1) is 17.5 Å². The molecule has 0 radical (unpaired) electrons. The number of ketones is 1. The van der Waals surface area contributed by atoms with Crippen molar-refractivity contribution in [2.24, 2.45) is 5.92 Å². The minimum Gasteiger partial charge on any atom is -0.309 e. The number of carbonyl (C=O) groups is 1. The van der Waals surface area contributed by atoms with Gasteiger partial charge in [0.1, 0.15) is 6.33 Å². The summed E-state index contributed by atoms with van der Waals surface area (Å²) in [5, 5.41) is 4.17. The van der Waals surface area contributed by atoms with E-state index in [2.05, 4.69) is 23.9 Å². The second-order valence-electron chi connectivity index (χ2n) is 4.66. The number of halogens is 1. The molecule has 0 saturated heterocycles. The molecule has 0 bridgehead atoms. The lowest BCUT2D eigenvalue weighted by atomic mass is 10.2. The Hall–Kier alpha value is -0.940. The highest BCUT2D eigenvalue weighted by Crippen LogP contribution is 2.00. The highest BCUT2D eigenvalue weighted by molar-refractivity contribution is 5.92. The van der Waals surface area contributed by atoms with Gasteiger partial charge in [0.2, 0.25) is 11.6 Å². The summed E-state index contributed by atoms with van der Waals surface area (Å²) in [7, 11) is 3.89. The lowest BCUT2D eigenvalue weighted by molar-refractivity contribution is 0.0962. The summed E-state index contributed by atoms with van der Waals surface area (Å²) in [6, 6.07) is 0.